The second-order valence-electron chi connectivity index (χ2n) is 2.98. The van der Waals surface area contributed by atoms with Gasteiger partial charge in [-0.2, -0.15) is 0 Å². The molecule has 4 nitrogen and oxygen atoms in total. The average molecular weight is 268 g/mol. The fraction of sp³-hybridized carbons (Fsp3) is 0.200. The Morgan fingerprint density at radius 1 is 1.73 bits per heavy atom. The monoisotopic (exact) mass is 267 g/mol. The van der Waals surface area contributed by atoms with E-state index in [1.54, 1.807) is 13.2 Å². The topological polar surface area (TPSA) is 37.7 Å². The van der Waals surface area contributed by atoms with E-state index in [0.717, 1.165) is 17.3 Å². The highest BCUT2D eigenvalue weighted by atomic mass is 79.9. The first-order chi connectivity index (χ1) is 7.24. The molecule has 15 heavy (non-hydrogen) atoms. The molecule has 0 bridgehead atoms. The van der Waals surface area contributed by atoms with Crippen molar-refractivity contribution in [3.05, 3.63) is 35.2 Å². The highest BCUT2D eigenvalue weighted by Gasteiger charge is 2.25. The van der Waals surface area contributed by atoms with Crippen LogP contribution in [0.15, 0.2) is 34.5 Å². The summed E-state index contributed by atoms with van der Waals surface area (Å²) in [6, 6.07) is 3.71. The summed E-state index contributed by atoms with van der Waals surface area (Å²) in [5.74, 6) is 1.52. The van der Waals surface area contributed by atoms with Crippen LogP contribution in [0.4, 0.5) is 0 Å². The second-order valence-corrected chi connectivity index (χ2v) is 3.89. The van der Waals surface area contributed by atoms with Gasteiger partial charge in [0.25, 0.3) is 0 Å². The van der Waals surface area contributed by atoms with Crippen LogP contribution in [0, 0.1) is 0 Å². The lowest BCUT2D eigenvalue weighted by atomic mass is 10.2. The Kier molecular flexibility index (Phi) is 2.73. The van der Waals surface area contributed by atoms with Gasteiger partial charge in [0.2, 0.25) is 0 Å². The molecule has 0 atom stereocenters. The van der Waals surface area contributed by atoms with Crippen LogP contribution >= 0.6 is 15.9 Å². The lowest BCUT2D eigenvalue weighted by molar-refractivity contribution is 0.213. The van der Waals surface area contributed by atoms with Crippen LogP contribution in [0.1, 0.15) is 5.69 Å². The Labute approximate surface area is 96.4 Å². The fourth-order valence-electron chi connectivity index (χ4n) is 1.41. The molecule has 0 fully saturated rings. The van der Waals surface area contributed by atoms with E-state index in [9.17, 15) is 0 Å². The first-order valence-corrected chi connectivity index (χ1v) is 5.20. The molecule has 1 aromatic heterocycles. The van der Waals surface area contributed by atoms with Crippen molar-refractivity contribution in [3.8, 4) is 5.75 Å². The van der Waals surface area contributed by atoms with Crippen molar-refractivity contribution in [3.63, 3.8) is 0 Å². The van der Waals surface area contributed by atoms with E-state index in [-0.39, 0.29) is 0 Å². The standard InChI is InChI=1S/C10H10BrN3O/c1-7(11)14-6-15-8-4-3-5-13-9(8)10(14)12-2/h3-5H,1,6H2,2H3. The van der Waals surface area contributed by atoms with Gasteiger partial charge in [-0.1, -0.05) is 6.58 Å². The zero-order valence-corrected chi connectivity index (χ0v) is 9.86. The van der Waals surface area contributed by atoms with Crippen molar-refractivity contribution in [2.45, 2.75) is 0 Å². The normalized spacial score (nSPS) is 17.2. The van der Waals surface area contributed by atoms with Gasteiger partial charge in [-0.3, -0.25) is 9.89 Å². The van der Waals surface area contributed by atoms with Crippen LogP contribution in [0.25, 0.3) is 0 Å². The van der Waals surface area contributed by atoms with Gasteiger partial charge in [0.15, 0.2) is 18.3 Å². The van der Waals surface area contributed by atoms with E-state index < -0.39 is 0 Å². The zero-order valence-electron chi connectivity index (χ0n) is 8.27. The number of hydrogen-bond acceptors (Lipinski definition) is 3. The lowest BCUT2D eigenvalue weighted by Crippen LogP contribution is -2.37. The van der Waals surface area contributed by atoms with Crippen LogP contribution in [0.5, 0.6) is 5.75 Å². The van der Waals surface area contributed by atoms with Crippen LogP contribution in [0.3, 0.4) is 0 Å². The number of fused-ring (bicyclic) bond motifs is 1. The van der Waals surface area contributed by atoms with Crippen molar-refractivity contribution < 1.29 is 4.74 Å². The first kappa shape index (κ1) is 10.2. The van der Waals surface area contributed by atoms with E-state index in [1.165, 1.54) is 0 Å². The molecule has 1 aliphatic rings. The third-order valence-electron chi connectivity index (χ3n) is 2.09. The summed E-state index contributed by atoms with van der Waals surface area (Å²) in [4.78, 5) is 10.3. The van der Waals surface area contributed by atoms with Crippen LogP contribution in [0.2, 0.25) is 0 Å². The van der Waals surface area contributed by atoms with Gasteiger partial charge < -0.3 is 4.74 Å². The molecular weight excluding hydrogens is 258 g/mol. The number of aliphatic imine (C=N–C) groups is 1. The Balaban J connectivity index is 2.48. The number of aromatic nitrogens is 1. The summed E-state index contributed by atoms with van der Waals surface area (Å²) < 4.78 is 6.23. The molecular formula is C10H10BrN3O. The van der Waals surface area contributed by atoms with E-state index in [1.807, 2.05) is 17.0 Å². The number of ether oxygens (including phenoxy) is 1. The highest BCUT2D eigenvalue weighted by molar-refractivity contribution is 9.11. The van der Waals surface area contributed by atoms with E-state index in [0.29, 0.717) is 11.3 Å². The maximum Gasteiger partial charge on any atom is 0.167 e. The van der Waals surface area contributed by atoms with Crippen molar-refractivity contribution in [1.29, 1.82) is 0 Å². The van der Waals surface area contributed by atoms with Crippen molar-refractivity contribution in [1.82, 2.24) is 9.88 Å². The molecule has 0 radical (unpaired) electrons. The van der Waals surface area contributed by atoms with Gasteiger partial charge in [0.1, 0.15) is 5.69 Å². The molecule has 1 aliphatic heterocycles. The molecule has 0 saturated heterocycles. The number of pyridine rings is 1. The van der Waals surface area contributed by atoms with Crippen LogP contribution in [-0.4, -0.2) is 29.5 Å². The molecule has 0 aliphatic carbocycles. The highest BCUT2D eigenvalue weighted by Crippen LogP contribution is 2.26. The summed E-state index contributed by atoms with van der Waals surface area (Å²) >= 11 is 3.31. The zero-order chi connectivity index (χ0) is 10.8. The van der Waals surface area contributed by atoms with Gasteiger partial charge in [0.05, 0.1) is 4.61 Å². The summed E-state index contributed by atoms with van der Waals surface area (Å²) in [7, 11) is 1.72. The van der Waals surface area contributed by atoms with Gasteiger partial charge in [0, 0.05) is 13.2 Å². The van der Waals surface area contributed by atoms with Gasteiger partial charge in [-0.05, 0) is 28.1 Å². The van der Waals surface area contributed by atoms with E-state index in [2.05, 4.69) is 32.5 Å². The van der Waals surface area contributed by atoms with Crippen LogP contribution < -0.4 is 4.74 Å². The van der Waals surface area contributed by atoms with Crippen LogP contribution in [-0.2, 0) is 0 Å². The molecule has 78 valence electrons. The predicted octanol–water partition coefficient (Wildman–Crippen LogP) is 1.98. The minimum Gasteiger partial charge on any atom is -0.470 e. The van der Waals surface area contributed by atoms with Crippen molar-refractivity contribution >= 4 is 21.8 Å². The SMILES string of the molecule is C=C(Br)N1COc2cccnc2C1=NC. The number of hydrogen-bond donors (Lipinski definition) is 0. The van der Waals surface area contributed by atoms with Gasteiger partial charge in [-0.15, -0.1) is 0 Å². The second kappa shape index (κ2) is 4.02. The molecule has 0 spiro atoms. The number of halogens is 1. The molecule has 0 saturated carbocycles. The summed E-state index contributed by atoms with van der Waals surface area (Å²) in [6.07, 6.45) is 1.72. The number of amidine groups is 1. The first-order valence-electron chi connectivity index (χ1n) is 4.41. The van der Waals surface area contributed by atoms with Gasteiger partial charge >= 0.3 is 0 Å². The molecule has 1 aromatic rings. The Hall–Kier alpha value is -1.36. The smallest absolute Gasteiger partial charge is 0.167 e. The molecule has 0 unspecified atom stereocenters. The number of rotatable bonds is 1. The average Bonchev–Trinajstić information content (AvgIpc) is 2.27. The summed E-state index contributed by atoms with van der Waals surface area (Å²) in [5, 5.41) is 0. The third kappa shape index (κ3) is 1.74. The lowest BCUT2D eigenvalue weighted by Gasteiger charge is -2.29. The molecule has 5 heteroatoms. The Bertz CT molecular complexity index is 430. The van der Waals surface area contributed by atoms with Gasteiger partial charge in [-0.25, -0.2) is 4.98 Å². The van der Waals surface area contributed by atoms with Crippen molar-refractivity contribution in [2.24, 2.45) is 4.99 Å². The maximum absolute atomic E-state index is 5.52. The Morgan fingerprint density at radius 3 is 3.20 bits per heavy atom. The van der Waals surface area contributed by atoms with E-state index >= 15 is 0 Å². The maximum atomic E-state index is 5.52. The molecule has 0 N–H and O–H groups in total. The minimum atomic E-state index is 0.398. The largest absolute Gasteiger partial charge is 0.470 e. The summed E-state index contributed by atoms with van der Waals surface area (Å²) in [6.45, 7) is 4.20. The molecule has 2 rings (SSSR count). The Morgan fingerprint density at radius 2 is 2.53 bits per heavy atom. The summed E-state index contributed by atoms with van der Waals surface area (Å²) in [5.41, 5.74) is 0.742. The molecule has 2 heterocycles. The number of nitrogens with zero attached hydrogens (tertiary/aromatic N) is 3. The van der Waals surface area contributed by atoms with E-state index in [4.69, 9.17) is 4.74 Å². The quantitative estimate of drug-likeness (QED) is 0.731. The molecule has 0 aromatic carbocycles. The third-order valence-corrected chi connectivity index (χ3v) is 2.52. The van der Waals surface area contributed by atoms with Crippen molar-refractivity contribution in [2.75, 3.05) is 13.8 Å². The fourth-order valence-corrected chi connectivity index (χ4v) is 1.68. The predicted molar refractivity (Wildman–Crippen MR) is 62.1 cm³/mol. The minimum absolute atomic E-state index is 0.398. The molecule has 0 amide bonds.